The molecule has 3 aromatic rings. The number of aromatic amines is 1. The van der Waals surface area contributed by atoms with Crippen LogP contribution < -0.4 is 5.69 Å². The predicted octanol–water partition coefficient (Wildman–Crippen LogP) is 5.76. The molecule has 1 aliphatic carbocycles. The molecule has 0 radical (unpaired) electrons. The third-order valence-electron chi connectivity index (χ3n) is 7.11. The Bertz CT molecular complexity index is 1270. The van der Waals surface area contributed by atoms with Crippen molar-refractivity contribution in [3.05, 3.63) is 99.0 Å². The molecule has 0 bridgehead atoms. The summed E-state index contributed by atoms with van der Waals surface area (Å²) in [4.78, 5) is 16.0. The summed E-state index contributed by atoms with van der Waals surface area (Å²) in [6, 6.07) is 13.8. The van der Waals surface area contributed by atoms with Gasteiger partial charge in [0, 0.05) is 18.3 Å². The molecule has 1 aliphatic rings. The van der Waals surface area contributed by atoms with Crippen LogP contribution in [0.15, 0.2) is 59.7 Å². The van der Waals surface area contributed by atoms with Crippen molar-refractivity contribution in [3.8, 4) is 0 Å². The van der Waals surface area contributed by atoms with E-state index in [9.17, 15) is 18.0 Å². The second-order valence-corrected chi connectivity index (χ2v) is 9.36. The first-order valence-corrected chi connectivity index (χ1v) is 11.5. The molecule has 1 atom stereocenters. The highest BCUT2D eigenvalue weighted by molar-refractivity contribution is 5.33. The maximum Gasteiger partial charge on any atom is 0.416 e. The van der Waals surface area contributed by atoms with Gasteiger partial charge >= 0.3 is 17.5 Å². The highest BCUT2D eigenvalue weighted by atomic mass is 19.4. The Hall–Kier alpha value is -3.38. The third-order valence-corrected chi connectivity index (χ3v) is 7.11. The van der Waals surface area contributed by atoms with Gasteiger partial charge in [-0.25, -0.2) is 21.0 Å². The van der Waals surface area contributed by atoms with Crippen molar-refractivity contribution in [3.63, 3.8) is 0 Å². The van der Waals surface area contributed by atoms with Gasteiger partial charge in [0.25, 0.3) is 0 Å². The van der Waals surface area contributed by atoms with Crippen molar-refractivity contribution in [1.29, 1.82) is 0 Å². The Balaban J connectivity index is 1.59. The lowest BCUT2D eigenvalue weighted by Gasteiger charge is -2.41. The van der Waals surface area contributed by atoms with Crippen LogP contribution in [0.3, 0.4) is 0 Å². The number of hydrogen-bond donors (Lipinski definition) is 1. The van der Waals surface area contributed by atoms with Gasteiger partial charge in [-0.15, -0.1) is 0 Å². The first-order valence-electron chi connectivity index (χ1n) is 11.5. The van der Waals surface area contributed by atoms with Crippen LogP contribution in [-0.4, -0.2) is 21.4 Å². The fraction of sp³-hybridized carbons (Fsp3) is 0.423. The molecule has 184 valence electrons. The maximum absolute atomic E-state index is 13.3. The number of aryl methyl sites for hydroxylation is 1. The van der Waals surface area contributed by atoms with Gasteiger partial charge in [0.15, 0.2) is 0 Å². The van der Waals surface area contributed by atoms with Crippen molar-refractivity contribution >= 4 is 0 Å². The largest absolute Gasteiger partial charge is 0.416 e. The summed E-state index contributed by atoms with van der Waals surface area (Å²) in [6.07, 6.45) is -1.62. The average molecular weight is 485 g/mol. The minimum atomic E-state index is -4.43. The van der Waals surface area contributed by atoms with Crippen LogP contribution in [-0.2, 0) is 22.0 Å². The molecule has 1 N–H and O–H groups in total. The molecule has 0 unspecified atom stereocenters. The van der Waals surface area contributed by atoms with Crippen LogP contribution in [0.25, 0.3) is 4.85 Å². The minimum absolute atomic E-state index is 0.280. The monoisotopic (exact) mass is 484 g/mol. The Kier molecular flexibility index (Phi) is 6.60. The van der Waals surface area contributed by atoms with E-state index in [-0.39, 0.29) is 6.61 Å². The van der Waals surface area contributed by atoms with Crippen LogP contribution in [0, 0.1) is 13.5 Å². The first kappa shape index (κ1) is 24.7. The zero-order valence-electron chi connectivity index (χ0n) is 19.6. The zero-order chi connectivity index (χ0) is 25.3. The SMILES string of the molecule is [C-]#[N+]C1(n2cn[nH]c2=O)CCC(CO[C@H](C)c2cc(C)cc(C(F)(F)F)c2)(c2ccccc2)CC1. The first-order chi connectivity index (χ1) is 16.6. The minimum Gasteiger partial charge on any atom is -0.373 e. The number of ether oxygens (including phenoxy) is 1. The average Bonchev–Trinajstić information content (AvgIpc) is 3.29. The molecule has 35 heavy (non-hydrogen) atoms. The van der Waals surface area contributed by atoms with Crippen LogP contribution in [0.5, 0.6) is 0 Å². The molecular weight excluding hydrogens is 457 g/mol. The highest BCUT2D eigenvalue weighted by Crippen LogP contribution is 2.47. The van der Waals surface area contributed by atoms with E-state index in [4.69, 9.17) is 11.3 Å². The third kappa shape index (κ3) is 4.89. The molecule has 1 heterocycles. The molecule has 0 spiro atoms. The molecule has 1 saturated carbocycles. The van der Waals surface area contributed by atoms with Gasteiger partial charge in [-0.2, -0.15) is 18.3 Å². The van der Waals surface area contributed by atoms with E-state index in [0.29, 0.717) is 36.8 Å². The summed E-state index contributed by atoms with van der Waals surface area (Å²) in [5.41, 5.74) is -0.529. The van der Waals surface area contributed by atoms with E-state index in [1.807, 2.05) is 30.3 Å². The van der Waals surface area contributed by atoms with Crippen LogP contribution >= 0.6 is 0 Å². The van der Waals surface area contributed by atoms with Crippen LogP contribution in [0.1, 0.15) is 61.0 Å². The molecule has 6 nitrogen and oxygen atoms in total. The Morgan fingerprint density at radius 2 is 1.86 bits per heavy atom. The second-order valence-electron chi connectivity index (χ2n) is 9.36. The molecular formula is C26H27F3N4O2. The molecule has 1 fully saturated rings. The number of alkyl halides is 3. The summed E-state index contributed by atoms with van der Waals surface area (Å²) < 4.78 is 47.6. The normalized spacial score (nSPS) is 23.5. The summed E-state index contributed by atoms with van der Waals surface area (Å²) in [5.74, 6) is 0. The molecule has 4 rings (SSSR count). The Morgan fingerprint density at radius 1 is 1.17 bits per heavy atom. The topological polar surface area (TPSA) is 64.3 Å². The van der Waals surface area contributed by atoms with E-state index < -0.39 is 34.6 Å². The fourth-order valence-electron chi connectivity index (χ4n) is 4.98. The molecule has 1 aromatic heterocycles. The van der Waals surface area contributed by atoms with Gasteiger partial charge in [0.2, 0.25) is 0 Å². The van der Waals surface area contributed by atoms with Gasteiger partial charge < -0.3 is 4.74 Å². The fourth-order valence-corrected chi connectivity index (χ4v) is 4.98. The van der Waals surface area contributed by atoms with Gasteiger partial charge in [-0.1, -0.05) is 42.0 Å². The number of benzene rings is 2. The smallest absolute Gasteiger partial charge is 0.373 e. The zero-order valence-corrected chi connectivity index (χ0v) is 19.6. The van der Waals surface area contributed by atoms with Crippen molar-refractivity contribution in [2.24, 2.45) is 0 Å². The predicted molar refractivity (Wildman–Crippen MR) is 125 cm³/mol. The number of aromatic nitrogens is 3. The number of H-pyrrole nitrogens is 1. The molecule has 2 aromatic carbocycles. The maximum atomic E-state index is 13.3. The Morgan fingerprint density at radius 3 is 2.43 bits per heavy atom. The number of halogens is 3. The van der Waals surface area contributed by atoms with Gasteiger partial charge in [-0.05, 0) is 49.9 Å². The number of hydrogen-bond acceptors (Lipinski definition) is 3. The van der Waals surface area contributed by atoms with E-state index >= 15 is 0 Å². The van der Waals surface area contributed by atoms with E-state index in [1.165, 1.54) is 10.9 Å². The summed E-state index contributed by atoms with van der Waals surface area (Å²) in [6.45, 7) is 11.5. The van der Waals surface area contributed by atoms with Crippen molar-refractivity contribution in [2.75, 3.05) is 6.61 Å². The van der Waals surface area contributed by atoms with Gasteiger partial charge in [0.05, 0.1) is 18.3 Å². The van der Waals surface area contributed by atoms with Crippen molar-refractivity contribution < 1.29 is 17.9 Å². The van der Waals surface area contributed by atoms with Crippen LogP contribution in [0.4, 0.5) is 13.2 Å². The van der Waals surface area contributed by atoms with E-state index in [0.717, 1.165) is 17.7 Å². The van der Waals surface area contributed by atoms with E-state index in [2.05, 4.69) is 15.0 Å². The highest BCUT2D eigenvalue weighted by Gasteiger charge is 2.50. The van der Waals surface area contributed by atoms with Gasteiger partial charge in [0.1, 0.15) is 6.33 Å². The van der Waals surface area contributed by atoms with Crippen molar-refractivity contribution in [1.82, 2.24) is 14.8 Å². The van der Waals surface area contributed by atoms with Crippen molar-refractivity contribution in [2.45, 2.75) is 62.9 Å². The molecule has 0 aliphatic heterocycles. The van der Waals surface area contributed by atoms with E-state index in [1.54, 1.807) is 19.9 Å². The molecule has 0 amide bonds. The lowest BCUT2D eigenvalue weighted by molar-refractivity contribution is -0.137. The summed E-state index contributed by atoms with van der Waals surface area (Å²) >= 11 is 0. The number of nitrogens with zero attached hydrogens (tertiary/aromatic N) is 3. The Labute approximate surface area is 201 Å². The lowest BCUT2D eigenvalue weighted by Crippen LogP contribution is -2.46. The van der Waals surface area contributed by atoms with Gasteiger partial charge in [-0.3, -0.25) is 4.85 Å². The molecule has 9 heteroatoms. The number of rotatable bonds is 6. The quantitative estimate of drug-likeness (QED) is 0.453. The van der Waals surface area contributed by atoms with Crippen LogP contribution in [0.2, 0.25) is 0 Å². The summed E-state index contributed by atoms with van der Waals surface area (Å²) in [5, 5.41) is 6.15. The number of nitrogens with one attached hydrogen (secondary N) is 1. The molecule has 0 saturated heterocycles. The lowest BCUT2D eigenvalue weighted by atomic mass is 9.67. The second kappa shape index (κ2) is 9.34. The summed E-state index contributed by atoms with van der Waals surface area (Å²) in [7, 11) is 0. The standard InChI is InChI=1S/C26H27F3N4O2/c1-18-13-20(15-22(14-18)26(27,28)29)19(2)35-16-24(21-7-5-4-6-8-21)9-11-25(30-3,12-10-24)33-17-31-32-23(33)34/h4-8,13-15,17,19H,9-12,16H2,1-2H3,(H,32,34)/t19-,24?,25?/m1/s1.